The number of carboxylic acid groups (broad SMARTS) is 7. The van der Waals surface area contributed by atoms with Crippen molar-refractivity contribution in [3.05, 3.63) is 0 Å². The average molecular weight is 906 g/mol. The molecular formula is C14H20O17PbU. The molecule has 0 aliphatic carbocycles. The summed E-state index contributed by atoms with van der Waals surface area (Å²) in [4.78, 5) is 66.0. The Bertz CT molecular complexity index is 574. The van der Waals surface area contributed by atoms with Crippen molar-refractivity contribution in [3.63, 3.8) is 0 Å². The van der Waals surface area contributed by atoms with Gasteiger partial charge < -0.3 is 60.0 Å². The Morgan fingerprint density at radius 1 is 0.636 bits per heavy atom. The van der Waals surface area contributed by atoms with Crippen molar-refractivity contribution in [3.8, 4) is 0 Å². The predicted octanol–water partition coefficient (Wildman–Crippen LogP) is -6.84. The van der Waals surface area contributed by atoms with Crippen molar-refractivity contribution >= 4 is 69.1 Å². The van der Waals surface area contributed by atoms with Crippen LogP contribution in [0.5, 0.6) is 0 Å². The molecule has 0 spiro atoms. The van der Waals surface area contributed by atoms with Crippen molar-refractivity contribution in [1.29, 1.82) is 0 Å². The van der Waals surface area contributed by atoms with Crippen molar-refractivity contribution in [2.45, 2.75) is 46.1 Å². The summed E-state index contributed by atoms with van der Waals surface area (Å²) in [6.45, 7) is 3.89. The van der Waals surface area contributed by atoms with E-state index in [0.29, 0.717) is 0 Å². The third-order valence-electron chi connectivity index (χ3n) is 1.29. The monoisotopic (exact) mass is 906 g/mol. The molecule has 17 nitrogen and oxygen atoms in total. The molecule has 0 unspecified atom stereocenters. The van der Waals surface area contributed by atoms with E-state index in [1.54, 1.807) is 0 Å². The van der Waals surface area contributed by atoms with E-state index in [2.05, 4.69) is 0 Å². The van der Waals surface area contributed by atoms with Crippen molar-refractivity contribution in [2.75, 3.05) is 0 Å². The summed E-state index contributed by atoms with van der Waals surface area (Å²) >= 11 is -2.51. The van der Waals surface area contributed by atoms with E-state index in [1.807, 2.05) is 0 Å². The van der Waals surface area contributed by atoms with Crippen LogP contribution in [0.15, 0.2) is 0 Å². The Kier molecular flexibility index (Phi) is 46.9. The van der Waals surface area contributed by atoms with Crippen LogP contribution in [0.1, 0.15) is 40.5 Å². The molecule has 186 valence electrons. The quantitative estimate of drug-likeness (QED) is 0.186. The maximum absolute atomic E-state index is 10.3. The zero-order valence-corrected chi connectivity index (χ0v) is 25.6. The fourth-order valence-corrected chi connectivity index (χ4v) is 0.714. The van der Waals surface area contributed by atoms with E-state index >= 15 is 0 Å². The minimum absolute atomic E-state index is 0. The van der Waals surface area contributed by atoms with Crippen LogP contribution in [0.25, 0.3) is 0 Å². The Morgan fingerprint density at radius 2 is 0.758 bits per heavy atom. The molecule has 0 saturated heterocycles. The van der Waals surface area contributed by atoms with Crippen LogP contribution in [0.4, 0.5) is 0 Å². The number of aliphatic hydroxyl groups is 1. The topological polar surface area (TPSA) is 327 Å². The van der Waals surface area contributed by atoms with Crippen LogP contribution in [0, 0.1) is 27.8 Å². The molecule has 0 rings (SSSR count). The number of hydrogen-bond donors (Lipinski definition) is 4. The summed E-state index contributed by atoms with van der Waals surface area (Å²) in [7, 11) is 0. The minimum atomic E-state index is -2.74. The zero-order chi connectivity index (χ0) is 27.7. The van der Waals surface area contributed by atoms with Crippen LogP contribution in [-0.4, -0.2) is 95.1 Å². The van der Waals surface area contributed by atoms with Gasteiger partial charge in [0.15, 0.2) is 5.60 Å². The molecule has 0 aromatic heterocycles. The van der Waals surface area contributed by atoms with Gasteiger partial charge >= 0.3 is 77.5 Å². The molecule has 0 heterocycles. The van der Waals surface area contributed by atoms with Gasteiger partial charge in [-0.25, -0.2) is 4.79 Å². The van der Waals surface area contributed by atoms with Gasteiger partial charge in [-0.1, -0.05) is 0 Å². The van der Waals surface area contributed by atoms with Gasteiger partial charge in [0.1, 0.15) is 0 Å². The Balaban J connectivity index is -0.0000000562. The van der Waals surface area contributed by atoms with E-state index in [0.717, 1.165) is 27.7 Å². The third-order valence-corrected chi connectivity index (χ3v) is 1.29. The van der Waals surface area contributed by atoms with Gasteiger partial charge in [0.25, 0.3) is 0 Å². The first-order valence-corrected chi connectivity index (χ1v) is 10.6. The molecule has 33 heavy (non-hydrogen) atoms. The largest absolute Gasteiger partial charge is 2.00 e. The fourth-order valence-electron chi connectivity index (χ4n) is 0.714. The second-order valence-electron chi connectivity index (χ2n) is 4.53. The SMILES string of the molecule is CC(=O)[O-].CC(=O)[O-].CC(=O)[O-].CC(=O)[O-].O=C(O)CC(O)(CC(=O)O)C(=O)O.[O]=[U+2]=[O].[Pb+2]. The summed E-state index contributed by atoms with van der Waals surface area (Å²) in [6.07, 6.45) is -2.29. The predicted molar refractivity (Wildman–Crippen MR) is 86.9 cm³/mol. The van der Waals surface area contributed by atoms with Crippen LogP contribution in [0.3, 0.4) is 0 Å². The molecular weight excluding hydrogens is 885 g/mol. The smallest absolute Gasteiger partial charge is 2.00 e. The van der Waals surface area contributed by atoms with E-state index in [-0.39, 0.29) is 27.3 Å². The van der Waals surface area contributed by atoms with Crippen molar-refractivity contribution in [1.82, 2.24) is 0 Å². The summed E-state index contributed by atoms with van der Waals surface area (Å²) < 4.78 is 17.2. The van der Waals surface area contributed by atoms with Gasteiger partial charge in [-0.15, -0.1) is 0 Å². The van der Waals surface area contributed by atoms with Crippen molar-refractivity contribution < 1.29 is 107 Å². The first-order valence-electron chi connectivity index (χ1n) is 7.21. The number of aliphatic carboxylic acids is 7. The number of rotatable bonds is 5. The Hall–Kier alpha value is -2.18. The molecule has 19 heteroatoms. The van der Waals surface area contributed by atoms with Gasteiger partial charge in [-0.2, -0.15) is 0 Å². The van der Waals surface area contributed by atoms with Gasteiger partial charge in [-0.05, 0) is 27.7 Å². The van der Waals surface area contributed by atoms with E-state index < -0.39 is 88.0 Å². The van der Waals surface area contributed by atoms with Crippen LogP contribution >= 0.6 is 0 Å². The molecule has 2 radical (unpaired) electrons. The molecule has 0 bridgehead atoms. The van der Waals surface area contributed by atoms with Crippen LogP contribution in [0.2, 0.25) is 0 Å². The van der Waals surface area contributed by atoms with E-state index in [1.165, 1.54) is 0 Å². The van der Waals surface area contributed by atoms with E-state index in [4.69, 9.17) is 64.5 Å². The first-order chi connectivity index (χ1) is 14.1. The second kappa shape index (κ2) is 32.0. The average Bonchev–Trinajstić information content (AvgIpc) is 2.43. The molecule has 0 aliphatic heterocycles. The van der Waals surface area contributed by atoms with Gasteiger partial charge in [-0.3, -0.25) is 9.59 Å². The van der Waals surface area contributed by atoms with Crippen LogP contribution in [-0.2, 0) is 38.0 Å². The number of carboxylic acids is 7. The van der Waals surface area contributed by atoms with Crippen molar-refractivity contribution in [2.24, 2.45) is 0 Å². The molecule has 0 saturated carbocycles. The summed E-state index contributed by atoms with van der Waals surface area (Å²) in [5.41, 5.74) is -2.74. The molecule has 0 atom stereocenters. The third kappa shape index (κ3) is 121. The number of carbonyl (C=O) groups is 7. The molecule has 0 fully saturated rings. The summed E-state index contributed by atoms with van der Waals surface area (Å²) in [6, 6.07) is 0. The standard InChI is InChI=1S/C6H8O7.4C2H4O2.2O.Pb.U/c7-3(8)1-6(13,5(11)12)2-4(9)10;4*1-2(3)4;;;;/h13H,1-2H2,(H,7,8)(H,9,10)(H,11,12);4*1H3,(H,3,4);;;;/q;;;;;;;2*+2/p-4. The number of hydrogen-bond acceptors (Lipinski definition) is 14. The molecule has 0 aromatic rings. The zero-order valence-electron chi connectivity index (χ0n) is 17.5. The maximum atomic E-state index is 10.3. The van der Waals surface area contributed by atoms with Gasteiger partial charge in [0.05, 0.1) is 12.8 Å². The first kappa shape index (κ1) is 48.3. The summed E-state index contributed by atoms with van der Waals surface area (Å²) in [5.74, 6) is -9.35. The molecule has 0 amide bonds. The molecule has 0 aliphatic rings. The summed E-state index contributed by atoms with van der Waals surface area (Å²) in [5, 5.41) is 69.4. The fraction of sp³-hybridized carbons (Fsp3) is 0.500. The number of carbonyl (C=O) groups excluding carboxylic acids is 4. The van der Waals surface area contributed by atoms with Gasteiger partial charge in [0.2, 0.25) is 0 Å². The van der Waals surface area contributed by atoms with E-state index in [9.17, 15) is 14.4 Å². The molecule has 4 N–H and O–H groups in total. The second-order valence-corrected chi connectivity index (χ2v) is 5.22. The maximum Gasteiger partial charge on any atom is 2.00 e. The Labute approximate surface area is 220 Å². The van der Waals surface area contributed by atoms with Gasteiger partial charge in [0, 0.05) is 23.9 Å². The normalized spacial score (nSPS) is 7.55. The minimum Gasteiger partial charge on any atom is 2.00 e. The van der Waals surface area contributed by atoms with Crippen LogP contribution < -0.4 is 20.4 Å². The molecule has 0 aromatic carbocycles. The Morgan fingerprint density at radius 3 is 0.818 bits per heavy atom.